The van der Waals surface area contributed by atoms with Crippen LogP contribution in [0.1, 0.15) is 19.8 Å². The summed E-state index contributed by atoms with van der Waals surface area (Å²) in [5, 5.41) is 1.01. The molecule has 9 heteroatoms. The second kappa shape index (κ2) is 7.32. The SMILES string of the molecule is C[C@@H]1OCC2(CCN(c3ncc(-c4cccc(Cl)c4Cl)c4nsnc34)CC2)C1N. The molecule has 6 nitrogen and oxygen atoms in total. The monoisotopic (exact) mass is 449 g/mol. The Morgan fingerprint density at radius 3 is 2.66 bits per heavy atom. The molecule has 2 aliphatic heterocycles. The zero-order valence-electron chi connectivity index (χ0n) is 15.9. The lowest BCUT2D eigenvalue weighted by Crippen LogP contribution is -2.50. The molecule has 1 unspecified atom stereocenters. The van der Waals surface area contributed by atoms with Gasteiger partial charge >= 0.3 is 0 Å². The van der Waals surface area contributed by atoms with Crippen LogP contribution in [0.2, 0.25) is 10.0 Å². The molecule has 2 N–H and O–H groups in total. The van der Waals surface area contributed by atoms with Crippen LogP contribution in [0.15, 0.2) is 24.4 Å². The van der Waals surface area contributed by atoms with Gasteiger partial charge in [-0.25, -0.2) is 4.98 Å². The third-order valence-electron chi connectivity index (χ3n) is 6.42. The van der Waals surface area contributed by atoms with Gasteiger partial charge in [-0.3, -0.25) is 0 Å². The molecule has 1 aromatic carbocycles. The number of hydrogen-bond acceptors (Lipinski definition) is 7. The van der Waals surface area contributed by atoms with E-state index in [0.717, 1.165) is 60.5 Å². The van der Waals surface area contributed by atoms with E-state index in [2.05, 4.69) is 20.6 Å². The molecule has 0 aliphatic carbocycles. The van der Waals surface area contributed by atoms with Crippen molar-refractivity contribution in [3.8, 4) is 11.1 Å². The number of benzene rings is 1. The van der Waals surface area contributed by atoms with Crippen molar-refractivity contribution in [2.45, 2.75) is 31.9 Å². The summed E-state index contributed by atoms with van der Waals surface area (Å²) in [5.74, 6) is 0.867. The molecule has 0 amide bonds. The lowest BCUT2D eigenvalue weighted by atomic mass is 9.73. The highest BCUT2D eigenvalue weighted by atomic mass is 35.5. The van der Waals surface area contributed by atoms with Gasteiger partial charge in [-0.2, -0.15) is 8.75 Å². The van der Waals surface area contributed by atoms with E-state index in [0.29, 0.717) is 10.0 Å². The van der Waals surface area contributed by atoms with Gasteiger partial charge in [0.1, 0.15) is 11.0 Å². The van der Waals surface area contributed by atoms with Gasteiger partial charge < -0.3 is 15.4 Å². The summed E-state index contributed by atoms with van der Waals surface area (Å²) in [6.45, 7) is 4.56. The molecular weight excluding hydrogens is 429 g/mol. The zero-order chi connectivity index (χ0) is 20.2. The van der Waals surface area contributed by atoms with E-state index in [1.807, 2.05) is 18.3 Å². The van der Waals surface area contributed by atoms with Crippen LogP contribution in [0.25, 0.3) is 22.2 Å². The van der Waals surface area contributed by atoms with Crippen molar-refractivity contribution in [2.24, 2.45) is 11.1 Å². The third kappa shape index (κ3) is 3.11. The van der Waals surface area contributed by atoms with Crippen molar-refractivity contribution in [1.29, 1.82) is 0 Å². The molecule has 5 rings (SSSR count). The lowest BCUT2D eigenvalue weighted by molar-refractivity contribution is 0.0974. The Bertz CT molecular complexity index is 1070. The van der Waals surface area contributed by atoms with Crippen molar-refractivity contribution in [1.82, 2.24) is 13.7 Å². The maximum atomic E-state index is 6.45. The van der Waals surface area contributed by atoms with E-state index in [9.17, 15) is 0 Å². The molecular formula is C20H21Cl2N5OS. The van der Waals surface area contributed by atoms with Crippen molar-refractivity contribution in [3.63, 3.8) is 0 Å². The van der Waals surface area contributed by atoms with Crippen LogP contribution in [0.4, 0.5) is 5.82 Å². The first kappa shape index (κ1) is 19.5. The van der Waals surface area contributed by atoms with Crippen LogP contribution >= 0.6 is 34.9 Å². The van der Waals surface area contributed by atoms with Gasteiger partial charge in [-0.15, -0.1) is 0 Å². The van der Waals surface area contributed by atoms with Crippen LogP contribution in [-0.4, -0.2) is 45.6 Å². The van der Waals surface area contributed by atoms with Crippen molar-refractivity contribution >= 4 is 51.8 Å². The van der Waals surface area contributed by atoms with E-state index in [-0.39, 0.29) is 17.6 Å². The van der Waals surface area contributed by atoms with E-state index in [1.54, 1.807) is 6.07 Å². The Balaban J connectivity index is 1.47. The van der Waals surface area contributed by atoms with Crippen molar-refractivity contribution in [3.05, 3.63) is 34.4 Å². The number of aromatic nitrogens is 3. The summed E-state index contributed by atoms with van der Waals surface area (Å²) in [4.78, 5) is 7.05. The summed E-state index contributed by atoms with van der Waals surface area (Å²) in [5.41, 5.74) is 9.80. The number of pyridine rings is 1. The van der Waals surface area contributed by atoms with Gasteiger partial charge in [0.25, 0.3) is 0 Å². The standard InChI is InChI=1S/C20H21Cl2N5OS/c1-11-18(23)20(10-28-11)5-7-27(8-6-20)19-17-16(25-29-26-17)13(9-24-19)12-3-2-4-14(21)15(12)22/h2-4,9,11,18H,5-8,10,23H2,1H3/t11-,18?/m0/s1. The first-order valence-electron chi connectivity index (χ1n) is 9.68. The molecule has 0 radical (unpaired) electrons. The number of nitrogens with zero attached hydrogens (tertiary/aromatic N) is 4. The van der Waals surface area contributed by atoms with Gasteiger partial charge in [0, 0.05) is 41.9 Å². The van der Waals surface area contributed by atoms with Gasteiger partial charge in [0.2, 0.25) is 0 Å². The molecule has 3 aromatic rings. The molecule has 1 spiro atoms. The van der Waals surface area contributed by atoms with Crippen molar-refractivity contribution < 1.29 is 4.74 Å². The summed E-state index contributed by atoms with van der Waals surface area (Å²) in [6.07, 6.45) is 3.92. The highest BCUT2D eigenvalue weighted by Gasteiger charge is 2.47. The van der Waals surface area contributed by atoms with E-state index in [1.165, 1.54) is 11.7 Å². The lowest BCUT2D eigenvalue weighted by Gasteiger charge is -2.41. The molecule has 4 heterocycles. The van der Waals surface area contributed by atoms with Crippen LogP contribution < -0.4 is 10.6 Å². The average molecular weight is 450 g/mol. The molecule has 2 aliphatic rings. The van der Waals surface area contributed by atoms with E-state index in [4.69, 9.17) is 38.7 Å². The van der Waals surface area contributed by atoms with E-state index < -0.39 is 0 Å². The second-order valence-electron chi connectivity index (χ2n) is 7.95. The number of fused-ring (bicyclic) bond motifs is 1. The maximum absolute atomic E-state index is 6.45. The van der Waals surface area contributed by atoms with Crippen LogP contribution in [-0.2, 0) is 4.74 Å². The van der Waals surface area contributed by atoms with Crippen molar-refractivity contribution in [2.75, 3.05) is 24.6 Å². The van der Waals surface area contributed by atoms with Crippen LogP contribution in [0.3, 0.4) is 0 Å². The van der Waals surface area contributed by atoms with Crippen LogP contribution in [0.5, 0.6) is 0 Å². The molecule has 2 aromatic heterocycles. The van der Waals surface area contributed by atoms with E-state index >= 15 is 0 Å². The Kier molecular flexibility index (Phi) is 4.91. The number of ether oxygens (including phenoxy) is 1. The molecule has 0 saturated carbocycles. The Morgan fingerprint density at radius 1 is 1.17 bits per heavy atom. The number of piperidine rings is 1. The highest BCUT2D eigenvalue weighted by molar-refractivity contribution is 7.00. The fraction of sp³-hybridized carbons (Fsp3) is 0.450. The largest absolute Gasteiger partial charge is 0.376 e. The Hall–Kier alpha value is -1.51. The quantitative estimate of drug-likeness (QED) is 0.624. The molecule has 2 saturated heterocycles. The minimum atomic E-state index is 0.0730. The first-order chi connectivity index (χ1) is 14.0. The molecule has 2 atom stereocenters. The van der Waals surface area contributed by atoms with Gasteiger partial charge in [0.15, 0.2) is 5.82 Å². The molecule has 2 fully saturated rings. The number of halogens is 2. The molecule has 29 heavy (non-hydrogen) atoms. The van der Waals surface area contributed by atoms with Crippen LogP contribution in [0, 0.1) is 5.41 Å². The minimum absolute atomic E-state index is 0.0730. The predicted octanol–water partition coefficient (Wildman–Crippen LogP) is 4.39. The third-order valence-corrected chi connectivity index (χ3v) is 7.77. The maximum Gasteiger partial charge on any atom is 0.157 e. The van der Waals surface area contributed by atoms with Gasteiger partial charge in [0.05, 0.1) is 34.5 Å². The molecule has 0 bridgehead atoms. The zero-order valence-corrected chi connectivity index (χ0v) is 18.3. The topological polar surface area (TPSA) is 77.2 Å². The number of nitrogens with two attached hydrogens (primary N) is 1. The summed E-state index contributed by atoms with van der Waals surface area (Å²) in [7, 11) is 0. The molecule has 152 valence electrons. The Labute approximate surface area is 183 Å². The average Bonchev–Trinajstić information content (AvgIpc) is 3.32. The number of rotatable bonds is 2. The highest BCUT2D eigenvalue weighted by Crippen LogP contribution is 2.43. The van der Waals surface area contributed by atoms with Gasteiger partial charge in [-0.05, 0) is 25.8 Å². The fourth-order valence-corrected chi connectivity index (χ4v) is 5.50. The number of hydrogen-bond donors (Lipinski definition) is 1. The summed E-state index contributed by atoms with van der Waals surface area (Å²) < 4.78 is 14.9. The smallest absolute Gasteiger partial charge is 0.157 e. The summed E-state index contributed by atoms with van der Waals surface area (Å²) in [6, 6.07) is 5.66. The number of anilines is 1. The minimum Gasteiger partial charge on any atom is -0.376 e. The second-order valence-corrected chi connectivity index (χ2v) is 9.26. The van der Waals surface area contributed by atoms with Gasteiger partial charge in [-0.1, -0.05) is 35.3 Å². The Morgan fingerprint density at radius 2 is 1.93 bits per heavy atom. The predicted molar refractivity (Wildman–Crippen MR) is 118 cm³/mol. The normalized spacial score (nSPS) is 23.9. The first-order valence-corrected chi connectivity index (χ1v) is 11.2. The summed E-state index contributed by atoms with van der Waals surface area (Å²) >= 11 is 13.8. The fourth-order valence-electron chi connectivity index (χ4n) is 4.54.